The van der Waals surface area contributed by atoms with Crippen LogP contribution in [0.25, 0.3) is 98.7 Å². The van der Waals surface area contributed by atoms with E-state index in [-0.39, 0.29) is 0 Å². The van der Waals surface area contributed by atoms with Crippen molar-refractivity contribution in [3.63, 3.8) is 0 Å². The molecule has 0 unspecified atom stereocenters. The Morgan fingerprint density at radius 1 is 0.231 bits per heavy atom. The van der Waals surface area contributed by atoms with E-state index in [0.717, 1.165) is 22.6 Å². The molecule has 12 aromatic carbocycles. The Kier molecular flexibility index (Phi) is 9.58. The molecule has 65 heavy (non-hydrogen) atoms. The van der Waals surface area contributed by atoms with E-state index in [1.165, 1.54) is 93.2 Å². The molecule has 0 saturated heterocycles. The fourth-order valence-electron chi connectivity index (χ4n) is 9.88. The highest BCUT2D eigenvalue weighted by atomic mass is 15.1. The molecule has 304 valence electrons. The predicted molar refractivity (Wildman–Crippen MR) is 278 cm³/mol. The van der Waals surface area contributed by atoms with Crippen molar-refractivity contribution in [2.75, 3.05) is 4.90 Å². The van der Waals surface area contributed by atoms with Crippen LogP contribution in [0.3, 0.4) is 0 Å². The van der Waals surface area contributed by atoms with Gasteiger partial charge < -0.3 is 4.90 Å². The average molecular weight is 826 g/mol. The molecule has 0 saturated carbocycles. The van der Waals surface area contributed by atoms with Gasteiger partial charge in [-0.05, 0) is 136 Å². The Hall–Kier alpha value is -8.52. The van der Waals surface area contributed by atoms with Crippen molar-refractivity contribution in [1.29, 1.82) is 0 Å². The van der Waals surface area contributed by atoms with Crippen LogP contribution in [0.2, 0.25) is 0 Å². The van der Waals surface area contributed by atoms with Crippen LogP contribution in [0, 0.1) is 0 Å². The first-order valence-corrected chi connectivity index (χ1v) is 22.4. The molecule has 0 radical (unpaired) electrons. The quantitative estimate of drug-likeness (QED) is 0.138. The molecule has 0 heterocycles. The molecular formula is C64H43N. The van der Waals surface area contributed by atoms with Crippen molar-refractivity contribution in [3.05, 3.63) is 261 Å². The molecule has 12 aromatic rings. The average Bonchev–Trinajstić information content (AvgIpc) is 3.39. The maximum Gasteiger partial charge on any atom is 0.0546 e. The van der Waals surface area contributed by atoms with Crippen molar-refractivity contribution < 1.29 is 0 Å². The number of benzene rings is 12. The van der Waals surface area contributed by atoms with Crippen molar-refractivity contribution in [2.24, 2.45) is 0 Å². The maximum absolute atomic E-state index is 2.46. The van der Waals surface area contributed by atoms with Crippen LogP contribution in [0.15, 0.2) is 261 Å². The molecular weight excluding hydrogens is 783 g/mol. The summed E-state index contributed by atoms with van der Waals surface area (Å²) in [7, 11) is 0. The Balaban J connectivity index is 1.11. The van der Waals surface area contributed by atoms with Gasteiger partial charge in [0.1, 0.15) is 0 Å². The van der Waals surface area contributed by atoms with Gasteiger partial charge in [-0.3, -0.25) is 0 Å². The van der Waals surface area contributed by atoms with Gasteiger partial charge in [-0.1, -0.05) is 218 Å². The van der Waals surface area contributed by atoms with Crippen molar-refractivity contribution in [2.45, 2.75) is 0 Å². The van der Waals surface area contributed by atoms with E-state index in [0.29, 0.717) is 0 Å². The third-order valence-electron chi connectivity index (χ3n) is 13.0. The fraction of sp³-hybridized carbons (Fsp3) is 0. The summed E-state index contributed by atoms with van der Waals surface area (Å²) in [6.45, 7) is 0. The number of fused-ring (bicyclic) bond motifs is 6. The second-order valence-corrected chi connectivity index (χ2v) is 16.9. The van der Waals surface area contributed by atoms with Gasteiger partial charge in [-0.2, -0.15) is 0 Å². The lowest BCUT2D eigenvalue weighted by Crippen LogP contribution is -2.12. The molecule has 0 amide bonds. The third-order valence-corrected chi connectivity index (χ3v) is 13.0. The largest absolute Gasteiger partial charge is 0.310 e. The minimum Gasteiger partial charge on any atom is -0.310 e. The number of rotatable bonds is 8. The molecule has 1 heteroatoms. The summed E-state index contributed by atoms with van der Waals surface area (Å²) in [6.07, 6.45) is 0. The van der Waals surface area contributed by atoms with E-state index < -0.39 is 0 Å². The number of anilines is 3. The minimum absolute atomic E-state index is 1.07. The summed E-state index contributed by atoms with van der Waals surface area (Å²) in [5.74, 6) is 0. The van der Waals surface area contributed by atoms with Crippen LogP contribution >= 0.6 is 0 Å². The summed E-state index contributed by atoms with van der Waals surface area (Å²) in [4.78, 5) is 2.46. The highest BCUT2D eigenvalue weighted by Gasteiger charge is 2.23. The van der Waals surface area contributed by atoms with Gasteiger partial charge in [-0.25, -0.2) is 0 Å². The molecule has 0 spiro atoms. The van der Waals surface area contributed by atoms with E-state index in [2.05, 4.69) is 266 Å². The van der Waals surface area contributed by atoms with Gasteiger partial charge in [0, 0.05) is 16.9 Å². The molecule has 1 nitrogen and oxygen atoms in total. The van der Waals surface area contributed by atoms with Gasteiger partial charge in [0.05, 0.1) is 5.69 Å². The van der Waals surface area contributed by atoms with Crippen LogP contribution < -0.4 is 4.90 Å². The Labute approximate surface area is 379 Å². The van der Waals surface area contributed by atoms with E-state index >= 15 is 0 Å². The first-order valence-electron chi connectivity index (χ1n) is 22.4. The molecule has 0 fully saturated rings. The summed E-state index contributed by atoms with van der Waals surface area (Å²) in [6, 6.07) is 95.5. The first-order chi connectivity index (χ1) is 32.2. The van der Waals surface area contributed by atoms with Gasteiger partial charge >= 0.3 is 0 Å². The maximum atomic E-state index is 2.46. The third kappa shape index (κ3) is 7.01. The second-order valence-electron chi connectivity index (χ2n) is 16.9. The van der Waals surface area contributed by atoms with E-state index in [4.69, 9.17) is 0 Å². The molecule has 12 rings (SSSR count). The van der Waals surface area contributed by atoms with Crippen molar-refractivity contribution in [1.82, 2.24) is 0 Å². The lowest BCUT2D eigenvalue weighted by atomic mass is 9.89. The van der Waals surface area contributed by atoms with Gasteiger partial charge in [0.25, 0.3) is 0 Å². The smallest absolute Gasteiger partial charge is 0.0546 e. The SMILES string of the molecule is c1ccc(-c2ccc(N(c3ccc(-c4ccc5ccccc5c4)c(-c4ccccc4)c3)c3cccc(-c4ccccc4)c3-c3ccc4c(ccc5ccc6ccccc6c54)c3)cc2)cc1. The van der Waals surface area contributed by atoms with Crippen LogP contribution in [-0.2, 0) is 0 Å². The number of nitrogens with zero attached hydrogens (tertiary/aromatic N) is 1. The molecule has 0 aliphatic heterocycles. The van der Waals surface area contributed by atoms with Crippen LogP contribution in [0.5, 0.6) is 0 Å². The van der Waals surface area contributed by atoms with Crippen molar-refractivity contribution in [3.8, 4) is 55.6 Å². The first kappa shape index (κ1) is 38.2. The molecule has 0 aliphatic carbocycles. The monoisotopic (exact) mass is 825 g/mol. The van der Waals surface area contributed by atoms with E-state index in [1.807, 2.05) is 0 Å². The minimum atomic E-state index is 1.07. The Morgan fingerprint density at radius 2 is 0.754 bits per heavy atom. The van der Waals surface area contributed by atoms with Crippen LogP contribution in [0.4, 0.5) is 17.1 Å². The second kappa shape index (κ2) is 16.3. The van der Waals surface area contributed by atoms with Crippen molar-refractivity contribution >= 4 is 60.2 Å². The summed E-state index contributed by atoms with van der Waals surface area (Å²) in [5.41, 5.74) is 15.0. The molecule has 0 bridgehead atoms. The summed E-state index contributed by atoms with van der Waals surface area (Å²) < 4.78 is 0. The number of hydrogen-bond donors (Lipinski definition) is 0. The van der Waals surface area contributed by atoms with Gasteiger partial charge in [0.15, 0.2) is 0 Å². The van der Waals surface area contributed by atoms with E-state index in [1.54, 1.807) is 0 Å². The zero-order valence-electron chi connectivity index (χ0n) is 35.8. The molecule has 0 N–H and O–H groups in total. The molecule has 0 atom stereocenters. The summed E-state index contributed by atoms with van der Waals surface area (Å²) in [5, 5.41) is 10.0. The zero-order chi connectivity index (χ0) is 43.1. The summed E-state index contributed by atoms with van der Waals surface area (Å²) >= 11 is 0. The van der Waals surface area contributed by atoms with Gasteiger partial charge in [0.2, 0.25) is 0 Å². The topological polar surface area (TPSA) is 3.24 Å². The fourth-order valence-corrected chi connectivity index (χ4v) is 9.88. The normalized spacial score (nSPS) is 11.4. The highest BCUT2D eigenvalue weighted by molar-refractivity contribution is 6.20. The number of hydrogen-bond acceptors (Lipinski definition) is 1. The van der Waals surface area contributed by atoms with Crippen LogP contribution in [0.1, 0.15) is 0 Å². The van der Waals surface area contributed by atoms with E-state index in [9.17, 15) is 0 Å². The predicted octanol–water partition coefficient (Wildman–Crippen LogP) is 18.1. The highest BCUT2D eigenvalue weighted by Crippen LogP contribution is 2.48. The molecule has 0 aromatic heterocycles. The molecule has 0 aliphatic rings. The standard InChI is InChI=1S/C64H43N/c1-4-15-44(16-5-1)46-33-36-55(37-34-46)65(56-38-40-57(61(43-56)48-20-8-3-9-21-48)52-31-27-45-17-10-11-23-51(45)41-52)62-26-14-25-59(47-18-6-2-7-19-47)64(62)54-35-39-60-53(42-54)32-30-50-29-28-49-22-12-13-24-58(49)63(50)60/h1-43H. The van der Waals surface area contributed by atoms with Crippen LogP contribution in [-0.4, -0.2) is 0 Å². The lowest BCUT2D eigenvalue weighted by molar-refractivity contribution is 1.28. The Bertz CT molecular complexity index is 3690. The van der Waals surface area contributed by atoms with Gasteiger partial charge in [-0.15, -0.1) is 0 Å². The lowest BCUT2D eigenvalue weighted by Gasteiger charge is -2.30. The Morgan fingerprint density at radius 3 is 1.51 bits per heavy atom. The zero-order valence-corrected chi connectivity index (χ0v) is 35.8.